The first-order valence-corrected chi connectivity index (χ1v) is 10.1. The van der Waals surface area contributed by atoms with E-state index in [2.05, 4.69) is 5.32 Å². The second-order valence-corrected chi connectivity index (χ2v) is 8.93. The molecular weight excluding hydrogens is 366 g/mol. The van der Waals surface area contributed by atoms with Crippen LogP contribution in [0.1, 0.15) is 42.7 Å². The van der Waals surface area contributed by atoms with Gasteiger partial charge in [-0.3, -0.25) is 4.79 Å². The van der Waals surface area contributed by atoms with Crippen molar-refractivity contribution in [3.05, 3.63) is 53.6 Å². The molecule has 0 aromatic heterocycles. The summed E-state index contributed by atoms with van der Waals surface area (Å²) in [4.78, 5) is 12.7. The van der Waals surface area contributed by atoms with Gasteiger partial charge in [0.1, 0.15) is 11.5 Å². The third kappa shape index (κ3) is 4.60. The zero-order chi connectivity index (χ0) is 20.2. The molecule has 0 unspecified atom stereocenters. The van der Waals surface area contributed by atoms with Gasteiger partial charge < -0.3 is 14.8 Å². The summed E-state index contributed by atoms with van der Waals surface area (Å²) in [5, 5.41) is 2.38. The first kappa shape index (κ1) is 20.8. The zero-order valence-corrected chi connectivity index (χ0v) is 17.0. The maximum absolute atomic E-state index is 12.5. The van der Waals surface area contributed by atoms with Crippen LogP contribution in [0.15, 0.2) is 47.4 Å². The molecule has 0 fully saturated rings. The molecule has 0 saturated carbocycles. The Bertz CT molecular complexity index is 904. The van der Waals surface area contributed by atoms with Gasteiger partial charge in [-0.15, -0.1) is 0 Å². The third-order valence-electron chi connectivity index (χ3n) is 4.32. The number of ether oxygens (including phenoxy) is 2. The van der Waals surface area contributed by atoms with Crippen LogP contribution < -0.4 is 14.8 Å². The minimum atomic E-state index is -3.36. The predicted molar refractivity (Wildman–Crippen MR) is 104 cm³/mol. The van der Waals surface area contributed by atoms with Crippen LogP contribution in [-0.2, 0) is 9.84 Å². The Labute approximate surface area is 160 Å². The number of hydrogen-bond donors (Lipinski definition) is 1. The van der Waals surface area contributed by atoms with E-state index in [-0.39, 0.29) is 16.8 Å². The first-order chi connectivity index (χ1) is 12.7. The summed E-state index contributed by atoms with van der Waals surface area (Å²) < 4.78 is 34.9. The second kappa shape index (κ2) is 8.43. The summed E-state index contributed by atoms with van der Waals surface area (Å²) in [5.74, 6) is 0.998. The first-order valence-electron chi connectivity index (χ1n) is 8.57. The molecular formula is C20H25NO5S. The third-order valence-corrected chi connectivity index (χ3v) is 6.49. The number of nitrogens with one attached hydrogen (secondary N) is 1. The van der Waals surface area contributed by atoms with E-state index in [1.54, 1.807) is 40.2 Å². The fourth-order valence-electron chi connectivity index (χ4n) is 2.60. The highest BCUT2D eigenvalue weighted by molar-refractivity contribution is 7.92. The number of rotatable bonds is 7. The second-order valence-electron chi connectivity index (χ2n) is 6.42. The lowest BCUT2D eigenvalue weighted by molar-refractivity contribution is 0.0939. The molecule has 0 aliphatic rings. The van der Waals surface area contributed by atoms with E-state index in [0.717, 1.165) is 5.56 Å². The van der Waals surface area contributed by atoms with Gasteiger partial charge >= 0.3 is 0 Å². The van der Waals surface area contributed by atoms with Gasteiger partial charge in [-0.2, -0.15) is 0 Å². The van der Waals surface area contributed by atoms with E-state index in [4.69, 9.17) is 9.47 Å². The Balaban J connectivity index is 2.20. The summed E-state index contributed by atoms with van der Waals surface area (Å²) in [6, 6.07) is 11.0. The standard InChI is InChI=1S/C20H25NO5S/c1-13(2)27(23,24)17-9-6-15(7-10-17)20(22)21-14(3)18-12-16(25-4)8-11-19(18)26-5/h6-14H,1-5H3,(H,21,22)/t14-/m1/s1. The minimum Gasteiger partial charge on any atom is -0.497 e. The molecule has 6 nitrogen and oxygen atoms in total. The van der Waals surface area contributed by atoms with Crippen molar-refractivity contribution in [2.24, 2.45) is 0 Å². The highest BCUT2D eigenvalue weighted by Crippen LogP contribution is 2.29. The Morgan fingerprint density at radius 2 is 1.59 bits per heavy atom. The van der Waals surface area contributed by atoms with Crippen LogP contribution in [0.4, 0.5) is 0 Å². The zero-order valence-electron chi connectivity index (χ0n) is 16.1. The van der Waals surface area contributed by atoms with Gasteiger partial charge in [-0.1, -0.05) is 0 Å². The van der Waals surface area contributed by atoms with Gasteiger partial charge in [0, 0.05) is 11.1 Å². The van der Waals surface area contributed by atoms with Crippen LogP contribution in [0.25, 0.3) is 0 Å². The normalized spacial score (nSPS) is 12.5. The molecule has 0 bridgehead atoms. The van der Waals surface area contributed by atoms with Crippen molar-refractivity contribution < 1.29 is 22.7 Å². The van der Waals surface area contributed by atoms with Crippen LogP contribution in [0.3, 0.4) is 0 Å². The van der Waals surface area contributed by atoms with Gasteiger partial charge in [0.25, 0.3) is 5.91 Å². The lowest BCUT2D eigenvalue weighted by Gasteiger charge is -2.18. The van der Waals surface area contributed by atoms with E-state index in [1.165, 1.54) is 24.3 Å². The van der Waals surface area contributed by atoms with Crippen LogP contribution in [0, 0.1) is 0 Å². The number of methoxy groups -OCH3 is 2. The van der Waals surface area contributed by atoms with Gasteiger partial charge in [-0.25, -0.2) is 8.42 Å². The molecule has 0 radical (unpaired) electrons. The smallest absolute Gasteiger partial charge is 0.251 e. The van der Waals surface area contributed by atoms with Crippen molar-refractivity contribution >= 4 is 15.7 Å². The molecule has 2 aromatic rings. The molecule has 0 aliphatic heterocycles. The number of sulfone groups is 1. The Morgan fingerprint density at radius 3 is 2.11 bits per heavy atom. The largest absolute Gasteiger partial charge is 0.497 e. The fourth-order valence-corrected chi connectivity index (χ4v) is 3.66. The molecule has 0 spiro atoms. The molecule has 27 heavy (non-hydrogen) atoms. The van der Waals surface area contributed by atoms with Crippen molar-refractivity contribution in [3.8, 4) is 11.5 Å². The SMILES string of the molecule is COc1ccc(OC)c([C@@H](C)NC(=O)c2ccc(S(=O)(=O)C(C)C)cc2)c1. The highest BCUT2D eigenvalue weighted by atomic mass is 32.2. The predicted octanol–water partition coefficient (Wildman–Crippen LogP) is 3.38. The van der Waals surface area contributed by atoms with Crippen molar-refractivity contribution in [1.82, 2.24) is 5.32 Å². The summed E-state index contributed by atoms with van der Waals surface area (Å²) in [6.45, 7) is 5.09. The topological polar surface area (TPSA) is 81.7 Å². The van der Waals surface area contributed by atoms with Crippen molar-refractivity contribution in [2.45, 2.75) is 37.0 Å². The fraction of sp³-hybridized carbons (Fsp3) is 0.350. The number of carbonyl (C=O) groups excluding carboxylic acids is 1. The summed E-state index contributed by atoms with van der Waals surface area (Å²) >= 11 is 0. The Kier molecular flexibility index (Phi) is 6.49. The van der Waals surface area contributed by atoms with Gasteiger partial charge in [0.15, 0.2) is 9.84 Å². The molecule has 0 saturated heterocycles. The van der Waals surface area contributed by atoms with Gasteiger partial charge in [-0.05, 0) is 63.2 Å². The van der Waals surface area contributed by atoms with Gasteiger partial charge in [0.05, 0.1) is 30.4 Å². The van der Waals surface area contributed by atoms with Crippen molar-refractivity contribution in [2.75, 3.05) is 14.2 Å². The number of amides is 1. The number of benzene rings is 2. The highest BCUT2D eigenvalue weighted by Gasteiger charge is 2.20. The quantitative estimate of drug-likeness (QED) is 0.782. The summed E-state index contributed by atoms with van der Waals surface area (Å²) in [6.07, 6.45) is 0. The average Bonchev–Trinajstić information content (AvgIpc) is 2.67. The van der Waals surface area contributed by atoms with Gasteiger partial charge in [0.2, 0.25) is 0 Å². The van der Waals surface area contributed by atoms with Crippen LogP contribution >= 0.6 is 0 Å². The summed E-state index contributed by atoms with van der Waals surface area (Å²) in [7, 11) is -0.230. The Morgan fingerprint density at radius 1 is 0.963 bits per heavy atom. The molecule has 0 heterocycles. The minimum absolute atomic E-state index is 0.205. The maximum Gasteiger partial charge on any atom is 0.251 e. The lowest BCUT2D eigenvalue weighted by Crippen LogP contribution is -2.27. The van der Waals surface area contributed by atoms with Crippen LogP contribution in [0.5, 0.6) is 11.5 Å². The molecule has 1 N–H and O–H groups in total. The molecule has 2 rings (SSSR count). The van der Waals surface area contributed by atoms with E-state index in [1.807, 2.05) is 13.0 Å². The molecule has 146 valence electrons. The lowest BCUT2D eigenvalue weighted by atomic mass is 10.1. The molecule has 2 aromatic carbocycles. The molecule has 0 aliphatic carbocycles. The molecule has 1 atom stereocenters. The molecule has 7 heteroatoms. The summed E-state index contributed by atoms with van der Waals surface area (Å²) in [5.41, 5.74) is 1.16. The van der Waals surface area contributed by atoms with Crippen LogP contribution in [0.2, 0.25) is 0 Å². The Hall–Kier alpha value is -2.54. The average molecular weight is 391 g/mol. The number of carbonyl (C=O) groups is 1. The monoisotopic (exact) mass is 391 g/mol. The molecule has 1 amide bonds. The van der Waals surface area contributed by atoms with Crippen molar-refractivity contribution in [1.29, 1.82) is 0 Å². The van der Waals surface area contributed by atoms with E-state index in [0.29, 0.717) is 17.1 Å². The van der Waals surface area contributed by atoms with Crippen LogP contribution in [-0.4, -0.2) is 33.8 Å². The number of hydrogen-bond acceptors (Lipinski definition) is 5. The maximum atomic E-state index is 12.5. The van der Waals surface area contributed by atoms with Crippen molar-refractivity contribution in [3.63, 3.8) is 0 Å². The van der Waals surface area contributed by atoms with E-state index < -0.39 is 15.1 Å². The van der Waals surface area contributed by atoms with E-state index in [9.17, 15) is 13.2 Å². The van der Waals surface area contributed by atoms with E-state index >= 15 is 0 Å².